The van der Waals surface area contributed by atoms with E-state index in [1.54, 1.807) is 81.6 Å². The second-order valence-electron chi connectivity index (χ2n) is 26.6. The molecule has 0 amide bonds. The molecule has 0 aliphatic carbocycles. The Bertz CT molecular complexity index is 7090. The fraction of sp³-hybridized carbons (Fsp3) is 0.0217. The lowest BCUT2D eigenvalue weighted by Gasteiger charge is -2.11. The van der Waals surface area contributed by atoms with E-state index in [4.69, 9.17) is 44.3 Å². The maximum atomic E-state index is 12.9. The van der Waals surface area contributed by atoms with Crippen LogP contribution in [0.1, 0.15) is 0 Å². The quantitative estimate of drug-likeness (QED) is 0.0198. The topological polar surface area (TPSA) is 284 Å². The van der Waals surface area contributed by atoms with Crippen LogP contribution in [0.25, 0.3) is 109 Å². The molecule has 0 spiro atoms. The fourth-order valence-corrected chi connectivity index (χ4v) is 13.3. The number of hydrazine groups is 3. The van der Waals surface area contributed by atoms with E-state index in [1.165, 1.54) is 24.3 Å². The largest absolute Gasteiger partial charge is 0.504 e. The zero-order valence-corrected chi connectivity index (χ0v) is 65.0. The second-order valence-corrected chi connectivity index (χ2v) is 27.9. The standard InChI is InChI=1S/C20H17N3O2.C18H12Cl2N4.C18H13ClN4.C18H13FN4.C18H13N3O2/c1-24-18-8-7-15(11-19(18)25-2)22-20-12-21-16-9-13-5-3-4-6-14(13)10-17(16)23-20;19-13-5-6-15(14(20)9-13)23-24-18-10-21-16-7-11-3-1-2-4-12(11)8-17(16)22-18;19-14-6-3-7-15(10-14)22-23-18-11-20-16-8-12-4-1-2-5-13(12)9-17(16)21-18;19-14-5-7-15(8-6-14)22-23-18-11-20-16-9-12-3-1-2-4-13(12)10-17(16)21-18;22-16-6-5-13(9-17(16)23)20-18-10-19-14-7-11-3-1-2-4-12(11)8-15(14)21-18/h3-12H,1-2H3,(H,22,23);1-10,23H,(H,22,24);2*1-11,22H,(H,21,23);1-10,22-23H,(H,20,21). The van der Waals surface area contributed by atoms with Gasteiger partial charge in [0.05, 0.1) is 122 Å². The summed E-state index contributed by atoms with van der Waals surface area (Å²) in [6.07, 6.45) is 8.41. The monoisotopic (exact) mass is 1610 g/mol. The normalized spacial score (nSPS) is 10.9. The zero-order chi connectivity index (χ0) is 80.9. The van der Waals surface area contributed by atoms with Crippen LogP contribution in [0.3, 0.4) is 0 Å². The van der Waals surface area contributed by atoms with Gasteiger partial charge in [-0.3, -0.25) is 57.5 Å². The Morgan fingerprint density at radius 1 is 0.271 bits per heavy atom. The molecule has 22 nitrogen and oxygen atoms in total. The number of nitrogens with zero attached hydrogens (tertiary/aromatic N) is 10. The van der Waals surface area contributed by atoms with Crippen LogP contribution < -0.4 is 52.7 Å². The first-order valence-corrected chi connectivity index (χ1v) is 37.9. The maximum absolute atomic E-state index is 12.9. The molecular weight excluding hydrogens is 1550 g/mol. The minimum absolute atomic E-state index is 0.161. The molecule has 0 radical (unpaired) electrons. The Kier molecular flexibility index (Phi) is 23.0. The number of rotatable bonds is 15. The predicted molar refractivity (Wildman–Crippen MR) is 477 cm³/mol. The summed E-state index contributed by atoms with van der Waals surface area (Å²) in [6, 6.07) is 89.9. The molecule has 0 bridgehead atoms. The van der Waals surface area contributed by atoms with Gasteiger partial charge in [-0.2, -0.15) is 0 Å². The number of nitrogens with one attached hydrogen (secondary N) is 8. The molecule has 10 N–H and O–H groups in total. The van der Waals surface area contributed by atoms with E-state index in [0.29, 0.717) is 67.0 Å². The van der Waals surface area contributed by atoms with Crippen molar-refractivity contribution in [2.24, 2.45) is 0 Å². The van der Waals surface area contributed by atoms with Crippen LogP contribution in [0.5, 0.6) is 23.0 Å². The van der Waals surface area contributed by atoms with E-state index in [0.717, 1.165) is 126 Å². The third kappa shape index (κ3) is 18.8. The van der Waals surface area contributed by atoms with Crippen LogP contribution in [0.2, 0.25) is 15.1 Å². The number of hydrogen-bond acceptors (Lipinski definition) is 22. The van der Waals surface area contributed by atoms with Crippen molar-refractivity contribution in [3.05, 3.63) is 337 Å². The van der Waals surface area contributed by atoms with Crippen LogP contribution in [-0.4, -0.2) is 74.3 Å². The minimum atomic E-state index is -0.270. The molecule has 5 aromatic heterocycles. The Balaban J connectivity index is 0.000000110. The number of phenols is 2. The number of aromatic hydroxyl groups is 2. The summed E-state index contributed by atoms with van der Waals surface area (Å²) < 4.78 is 23.5. The number of anilines is 10. The summed E-state index contributed by atoms with van der Waals surface area (Å²) >= 11 is 18.0. The van der Waals surface area contributed by atoms with E-state index in [9.17, 15) is 14.6 Å². The molecule has 5 heterocycles. The van der Waals surface area contributed by atoms with Crippen molar-refractivity contribution in [1.82, 2.24) is 49.8 Å². The lowest BCUT2D eigenvalue weighted by atomic mass is 10.1. The van der Waals surface area contributed by atoms with Crippen molar-refractivity contribution in [2.75, 3.05) is 57.4 Å². The van der Waals surface area contributed by atoms with Gasteiger partial charge in [0.25, 0.3) is 0 Å². The van der Waals surface area contributed by atoms with Gasteiger partial charge in [-0.15, -0.1) is 0 Å². The average Bonchev–Trinajstić information content (AvgIpc) is 0.803. The Hall–Kier alpha value is -15.3. The SMILES string of the molecule is COc1ccc(Nc2cnc3cc4ccccc4cc3n2)cc1OC.Clc1ccc(NNc2cnc3cc4ccccc4cc3n2)c(Cl)c1.Clc1cccc(NNc2cnc3cc4ccccc4cc3n2)c1.Fc1ccc(NNc2cnc3cc4ccccc4cc3n2)cc1.Oc1ccc(Nc2cnc3cc4ccccc4cc3n2)cc1O. The van der Waals surface area contributed by atoms with Crippen molar-refractivity contribution >= 4 is 201 Å². The Morgan fingerprint density at radius 2 is 0.610 bits per heavy atom. The van der Waals surface area contributed by atoms with Crippen LogP contribution in [0.4, 0.5) is 61.9 Å². The Labute approximate surface area is 688 Å². The van der Waals surface area contributed by atoms with Crippen molar-refractivity contribution < 1.29 is 24.1 Å². The van der Waals surface area contributed by atoms with E-state index in [2.05, 4.69) is 148 Å². The predicted octanol–water partition coefficient (Wildman–Crippen LogP) is 23.2. The molecule has 15 aromatic carbocycles. The molecule has 0 atom stereocenters. The van der Waals surface area contributed by atoms with Crippen LogP contribution in [0.15, 0.2) is 316 Å². The van der Waals surface area contributed by atoms with Crippen LogP contribution >= 0.6 is 34.8 Å². The Morgan fingerprint density at radius 3 is 0.992 bits per heavy atom. The molecule has 118 heavy (non-hydrogen) atoms. The van der Waals surface area contributed by atoms with Gasteiger partial charge in [0, 0.05) is 33.6 Å². The van der Waals surface area contributed by atoms with Gasteiger partial charge in [-0.05, 0) is 199 Å². The number of halogens is 4. The van der Waals surface area contributed by atoms with Gasteiger partial charge in [0.1, 0.15) is 17.5 Å². The van der Waals surface area contributed by atoms with Crippen molar-refractivity contribution in [3.63, 3.8) is 0 Å². The van der Waals surface area contributed by atoms with E-state index in [1.807, 2.05) is 170 Å². The number of fused-ring (bicyclic) bond motifs is 10. The number of phenolic OH excluding ortho intramolecular Hbond substituents is 2. The molecule has 26 heteroatoms. The number of hydrogen-bond donors (Lipinski definition) is 10. The van der Waals surface area contributed by atoms with Gasteiger partial charge in [-0.25, -0.2) is 29.3 Å². The number of ether oxygens (including phenoxy) is 2. The van der Waals surface area contributed by atoms with E-state index >= 15 is 0 Å². The van der Waals surface area contributed by atoms with Crippen LogP contribution in [-0.2, 0) is 0 Å². The number of aromatic nitrogens is 10. The summed E-state index contributed by atoms with van der Waals surface area (Å²) in [5.41, 5.74) is 30.3. The first kappa shape index (κ1) is 76.7. The first-order chi connectivity index (χ1) is 57.7. The van der Waals surface area contributed by atoms with Gasteiger partial charge >= 0.3 is 0 Å². The average molecular weight is 1620 g/mol. The number of methoxy groups -OCH3 is 2. The van der Waals surface area contributed by atoms with Crippen molar-refractivity contribution in [1.29, 1.82) is 0 Å². The van der Waals surface area contributed by atoms with Gasteiger partial charge in [-0.1, -0.05) is 162 Å². The molecule has 0 aliphatic heterocycles. The molecule has 0 saturated carbocycles. The van der Waals surface area contributed by atoms with Crippen LogP contribution in [0, 0.1) is 5.82 Å². The fourth-order valence-electron chi connectivity index (χ4n) is 12.7. The molecule has 578 valence electrons. The highest BCUT2D eigenvalue weighted by atomic mass is 35.5. The van der Waals surface area contributed by atoms with Gasteiger partial charge < -0.3 is 30.3 Å². The summed E-state index contributed by atoms with van der Waals surface area (Å²) in [6.45, 7) is 0. The highest BCUT2D eigenvalue weighted by molar-refractivity contribution is 6.36. The first-order valence-electron chi connectivity index (χ1n) is 36.8. The van der Waals surface area contributed by atoms with Crippen molar-refractivity contribution in [2.45, 2.75) is 0 Å². The minimum Gasteiger partial charge on any atom is -0.504 e. The molecule has 0 saturated heterocycles. The van der Waals surface area contributed by atoms with Crippen molar-refractivity contribution in [3.8, 4) is 23.0 Å². The smallest absolute Gasteiger partial charge is 0.163 e. The second kappa shape index (κ2) is 35.4. The molecular formula is C92H68Cl3FN18O4. The summed E-state index contributed by atoms with van der Waals surface area (Å²) in [5, 5.41) is 38.4. The summed E-state index contributed by atoms with van der Waals surface area (Å²) in [4.78, 5) is 45.3. The molecule has 0 aliphatic rings. The molecule has 20 rings (SSSR count). The van der Waals surface area contributed by atoms with E-state index < -0.39 is 0 Å². The lowest BCUT2D eigenvalue weighted by Crippen LogP contribution is -2.10. The van der Waals surface area contributed by atoms with E-state index in [-0.39, 0.29) is 17.3 Å². The number of benzene rings is 15. The highest BCUT2D eigenvalue weighted by Gasteiger charge is 2.12. The van der Waals surface area contributed by atoms with Gasteiger partial charge in [0.15, 0.2) is 40.5 Å². The lowest BCUT2D eigenvalue weighted by molar-refractivity contribution is 0.355. The zero-order valence-electron chi connectivity index (χ0n) is 62.7. The van der Waals surface area contributed by atoms with Gasteiger partial charge in [0.2, 0.25) is 0 Å². The molecule has 20 aromatic rings. The summed E-state index contributed by atoms with van der Waals surface area (Å²) in [7, 11) is 3.23. The third-order valence-electron chi connectivity index (χ3n) is 18.5. The summed E-state index contributed by atoms with van der Waals surface area (Å²) in [5.74, 6) is 3.81. The molecule has 0 unspecified atom stereocenters. The third-order valence-corrected chi connectivity index (χ3v) is 19.3. The highest BCUT2D eigenvalue weighted by Crippen LogP contribution is 2.34. The molecule has 0 fully saturated rings. The maximum Gasteiger partial charge on any atom is 0.163 e.